The summed E-state index contributed by atoms with van der Waals surface area (Å²) in [5, 5.41) is 12.5. The van der Waals surface area contributed by atoms with Crippen molar-refractivity contribution in [2.45, 2.75) is 6.10 Å². The van der Waals surface area contributed by atoms with E-state index in [0.717, 1.165) is 0 Å². The summed E-state index contributed by atoms with van der Waals surface area (Å²) in [6, 6.07) is 1.76. The molecule has 0 radical (unpaired) electrons. The molecule has 0 fully saturated rings. The summed E-state index contributed by atoms with van der Waals surface area (Å²) in [6.07, 6.45) is 1.13. The summed E-state index contributed by atoms with van der Waals surface area (Å²) in [7, 11) is 5.30. The lowest BCUT2D eigenvalue weighted by atomic mass is 10.4. The van der Waals surface area contributed by atoms with E-state index in [1.165, 1.54) is 0 Å². The molecule has 1 aromatic heterocycles. The van der Waals surface area contributed by atoms with Crippen LogP contribution in [0.4, 0.5) is 11.8 Å². The normalized spacial score (nSPS) is 12.2. The summed E-state index contributed by atoms with van der Waals surface area (Å²) in [5.41, 5.74) is 0. The fourth-order valence-corrected chi connectivity index (χ4v) is 1.14. The molecule has 1 rings (SSSR count). The van der Waals surface area contributed by atoms with Gasteiger partial charge in [0.15, 0.2) is 0 Å². The predicted molar refractivity (Wildman–Crippen MR) is 62.7 cm³/mol. The maximum absolute atomic E-state index is 9.45. The lowest BCUT2D eigenvalue weighted by molar-refractivity contribution is 0.0727. The van der Waals surface area contributed by atoms with Crippen molar-refractivity contribution in [2.75, 3.05) is 44.6 Å². The van der Waals surface area contributed by atoms with Gasteiger partial charge in [-0.3, -0.25) is 0 Å². The van der Waals surface area contributed by atoms with Gasteiger partial charge >= 0.3 is 0 Å². The highest BCUT2D eigenvalue weighted by Crippen LogP contribution is 2.07. The molecule has 0 aliphatic carbocycles. The molecule has 0 aliphatic rings. The van der Waals surface area contributed by atoms with E-state index in [1.807, 2.05) is 19.0 Å². The highest BCUT2D eigenvalue weighted by Gasteiger charge is 2.04. The molecule has 0 bridgehead atoms. The third kappa shape index (κ3) is 4.00. The summed E-state index contributed by atoms with van der Waals surface area (Å²) >= 11 is 0. The van der Waals surface area contributed by atoms with Crippen LogP contribution >= 0.6 is 0 Å². The van der Waals surface area contributed by atoms with Crippen LogP contribution in [0.2, 0.25) is 0 Å². The van der Waals surface area contributed by atoms with Gasteiger partial charge in [0, 0.05) is 33.9 Å². The van der Waals surface area contributed by atoms with Crippen LogP contribution in [0, 0.1) is 0 Å². The lowest BCUT2D eigenvalue weighted by Gasteiger charge is -2.13. The molecular weight excluding hydrogens is 208 g/mol. The summed E-state index contributed by atoms with van der Waals surface area (Å²) in [5.74, 6) is 1.32. The van der Waals surface area contributed by atoms with E-state index in [0.29, 0.717) is 24.9 Å². The monoisotopic (exact) mass is 226 g/mol. The SMILES string of the molecule is COCC(O)CNc1ccnc(N(C)C)n1. The molecule has 0 aromatic carbocycles. The molecular formula is C10H18N4O2. The molecule has 1 atom stereocenters. The number of aliphatic hydroxyl groups excluding tert-OH is 1. The number of aromatic nitrogens is 2. The first kappa shape index (κ1) is 12.7. The Balaban J connectivity index is 2.50. The Morgan fingerprint density at radius 2 is 2.31 bits per heavy atom. The third-order valence-electron chi connectivity index (χ3n) is 1.92. The van der Waals surface area contributed by atoms with E-state index >= 15 is 0 Å². The fraction of sp³-hybridized carbons (Fsp3) is 0.600. The van der Waals surface area contributed by atoms with Crippen molar-refractivity contribution in [1.29, 1.82) is 0 Å². The van der Waals surface area contributed by atoms with Crippen LogP contribution in [0.3, 0.4) is 0 Å². The van der Waals surface area contributed by atoms with Crippen LogP contribution in [0.1, 0.15) is 0 Å². The van der Waals surface area contributed by atoms with E-state index in [-0.39, 0.29) is 0 Å². The molecule has 6 heteroatoms. The second-order valence-electron chi connectivity index (χ2n) is 3.63. The van der Waals surface area contributed by atoms with Crippen molar-refractivity contribution < 1.29 is 9.84 Å². The van der Waals surface area contributed by atoms with Gasteiger partial charge in [0.2, 0.25) is 5.95 Å². The Hall–Kier alpha value is -1.40. The van der Waals surface area contributed by atoms with Gasteiger partial charge in [0.05, 0.1) is 12.7 Å². The van der Waals surface area contributed by atoms with Crippen LogP contribution in [0.5, 0.6) is 0 Å². The number of hydrogen-bond acceptors (Lipinski definition) is 6. The first-order chi connectivity index (χ1) is 7.63. The molecule has 1 heterocycles. The Kier molecular flexibility index (Phi) is 4.94. The first-order valence-corrected chi connectivity index (χ1v) is 5.04. The fourth-order valence-electron chi connectivity index (χ4n) is 1.14. The van der Waals surface area contributed by atoms with Gasteiger partial charge in [-0.2, -0.15) is 4.98 Å². The molecule has 1 unspecified atom stereocenters. The Morgan fingerprint density at radius 3 is 2.94 bits per heavy atom. The molecule has 0 amide bonds. The highest BCUT2D eigenvalue weighted by molar-refractivity contribution is 5.40. The smallest absolute Gasteiger partial charge is 0.226 e. The van der Waals surface area contributed by atoms with Crippen molar-refractivity contribution in [2.24, 2.45) is 0 Å². The zero-order valence-electron chi connectivity index (χ0n) is 9.84. The number of anilines is 2. The second-order valence-corrected chi connectivity index (χ2v) is 3.63. The summed E-state index contributed by atoms with van der Waals surface area (Å²) < 4.78 is 4.82. The summed E-state index contributed by atoms with van der Waals surface area (Å²) in [4.78, 5) is 10.2. The Morgan fingerprint density at radius 1 is 1.56 bits per heavy atom. The molecule has 6 nitrogen and oxygen atoms in total. The van der Waals surface area contributed by atoms with Gasteiger partial charge < -0.3 is 20.1 Å². The number of aliphatic hydroxyl groups is 1. The van der Waals surface area contributed by atoms with Crippen molar-refractivity contribution >= 4 is 11.8 Å². The van der Waals surface area contributed by atoms with Crippen molar-refractivity contribution in [3.8, 4) is 0 Å². The number of nitrogens with zero attached hydrogens (tertiary/aromatic N) is 3. The molecule has 90 valence electrons. The maximum atomic E-state index is 9.45. The van der Waals surface area contributed by atoms with Gasteiger partial charge in [-0.15, -0.1) is 0 Å². The van der Waals surface area contributed by atoms with E-state index < -0.39 is 6.10 Å². The van der Waals surface area contributed by atoms with Gasteiger partial charge in [-0.05, 0) is 6.07 Å². The maximum Gasteiger partial charge on any atom is 0.226 e. The van der Waals surface area contributed by atoms with Crippen LogP contribution in [0.15, 0.2) is 12.3 Å². The minimum atomic E-state index is -0.539. The van der Waals surface area contributed by atoms with Crippen LogP contribution in [-0.4, -0.2) is 55.5 Å². The number of ether oxygens (including phenoxy) is 1. The van der Waals surface area contributed by atoms with Crippen LogP contribution in [0.25, 0.3) is 0 Å². The molecule has 0 aliphatic heterocycles. The number of methoxy groups -OCH3 is 1. The third-order valence-corrected chi connectivity index (χ3v) is 1.92. The predicted octanol–water partition coefficient (Wildman–Crippen LogP) is -0.0382. The number of hydrogen-bond donors (Lipinski definition) is 2. The average Bonchev–Trinajstić information content (AvgIpc) is 2.27. The zero-order chi connectivity index (χ0) is 12.0. The molecule has 0 saturated carbocycles. The standard InChI is InChI=1S/C10H18N4O2/c1-14(2)10-11-5-4-9(13-10)12-6-8(15)7-16-3/h4-5,8,15H,6-7H2,1-3H3,(H,11,12,13). The zero-order valence-corrected chi connectivity index (χ0v) is 9.84. The Labute approximate surface area is 95.3 Å². The van der Waals surface area contributed by atoms with E-state index in [1.54, 1.807) is 19.4 Å². The molecule has 1 aromatic rings. The number of rotatable bonds is 6. The summed E-state index contributed by atoms with van der Waals surface area (Å²) in [6.45, 7) is 0.705. The minimum absolute atomic E-state index is 0.304. The van der Waals surface area contributed by atoms with Gasteiger partial charge in [-0.1, -0.05) is 0 Å². The van der Waals surface area contributed by atoms with Gasteiger partial charge in [-0.25, -0.2) is 4.98 Å². The molecule has 0 saturated heterocycles. The van der Waals surface area contributed by atoms with Crippen molar-refractivity contribution in [3.63, 3.8) is 0 Å². The Bertz CT molecular complexity index is 319. The minimum Gasteiger partial charge on any atom is -0.389 e. The second kappa shape index (κ2) is 6.24. The first-order valence-electron chi connectivity index (χ1n) is 5.04. The lowest BCUT2D eigenvalue weighted by Crippen LogP contribution is -2.24. The topological polar surface area (TPSA) is 70.5 Å². The van der Waals surface area contributed by atoms with Gasteiger partial charge in [0.1, 0.15) is 5.82 Å². The van der Waals surface area contributed by atoms with Gasteiger partial charge in [0.25, 0.3) is 0 Å². The van der Waals surface area contributed by atoms with E-state index in [4.69, 9.17) is 4.74 Å². The van der Waals surface area contributed by atoms with Crippen molar-refractivity contribution in [1.82, 2.24) is 9.97 Å². The van der Waals surface area contributed by atoms with Crippen molar-refractivity contribution in [3.05, 3.63) is 12.3 Å². The average molecular weight is 226 g/mol. The van der Waals surface area contributed by atoms with Crippen LogP contribution < -0.4 is 10.2 Å². The molecule has 2 N–H and O–H groups in total. The highest BCUT2D eigenvalue weighted by atomic mass is 16.5. The van der Waals surface area contributed by atoms with E-state index in [2.05, 4.69) is 15.3 Å². The quantitative estimate of drug-likeness (QED) is 0.709. The molecule has 16 heavy (non-hydrogen) atoms. The number of nitrogens with one attached hydrogen (secondary N) is 1. The largest absolute Gasteiger partial charge is 0.389 e. The van der Waals surface area contributed by atoms with Crippen LogP contribution in [-0.2, 0) is 4.74 Å². The van der Waals surface area contributed by atoms with E-state index in [9.17, 15) is 5.11 Å². The molecule has 0 spiro atoms.